The highest BCUT2D eigenvalue weighted by atomic mass is 32.1. The van der Waals surface area contributed by atoms with Gasteiger partial charge in [0.2, 0.25) is 4.96 Å². The molecule has 1 atom stereocenters. The monoisotopic (exact) mass is 273 g/mol. The van der Waals surface area contributed by atoms with Crippen LogP contribution in [-0.4, -0.2) is 26.4 Å². The van der Waals surface area contributed by atoms with E-state index in [0.29, 0.717) is 12.5 Å². The molecule has 0 radical (unpaired) electrons. The molecule has 0 aliphatic rings. The van der Waals surface area contributed by atoms with Crippen molar-refractivity contribution < 1.29 is 0 Å². The van der Waals surface area contributed by atoms with Gasteiger partial charge in [-0.2, -0.15) is 9.61 Å². The lowest BCUT2D eigenvalue weighted by Crippen LogP contribution is -2.11. The standard InChI is InChI=1S/C13H15N5S/c1-2-9(8-14)12-17-18-11(15-16-13(18)19-12)10-6-4-3-5-7-10/h3-7,9H,2,8,14H2,1H3. The summed E-state index contributed by atoms with van der Waals surface area (Å²) < 4.78 is 1.81. The molecule has 0 fully saturated rings. The predicted octanol–water partition coefficient (Wildman–Crippen LogP) is 2.31. The maximum absolute atomic E-state index is 5.78. The molecule has 98 valence electrons. The molecule has 0 saturated heterocycles. The molecule has 0 aliphatic carbocycles. The quantitative estimate of drug-likeness (QED) is 0.792. The zero-order valence-corrected chi connectivity index (χ0v) is 11.5. The Morgan fingerprint density at radius 3 is 2.74 bits per heavy atom. The first-order valence-electron chi connectivity index (χ1n) is 6.31. The summed E-state index contributed by atoms with van der Waals surface area (Å²) in [6, 6.07) is 9.97. The van der Waals surface area contributed by atoms with Crippen molar-refractivity contribution in [3.63, 3.8) is 0 Å². The SMILES string of the molecule is CCC(CN)c1nn2c(-c3ccccc3)nnc2s1. The van der Waals surface area contributed by atoms with E-state index in [1.54, 1.807) is 11.3 Å². The second-order valence-electron chi connectivity index (χ2n) is 4.37. The van der Waals surface area contributed by atoms with Crippen molar-refractivity contribution in [3.8, 4) is 11.4 Å². The lowest BCUT2D eigenvalue weighted by atomic mass is 10.1. The topological polar surface area (TPSA) is 69.1 Å². The van der Waals surface area contributed by atoms with Crippen LogP contribution in [0.2, 0.25) is 0 Å². The summed E-state index contributed by atoms with van der Waals surface area (Å²) in [6.45, 7) is 2.74. The van der Waals surface area contributed by atoms with E-state index in [1.165, 1.54) is 0 Å². The fraction of sp³-hybridized carbons (Fsp3) is 0.308. The van der Waals surface area contributed by atoms with Crippen molar-refractivity contribution in [1.29, 1.82) is 0 Å². The smallest absolute Gasteiger partial charge is 0.234 e. The zero-order chi connectivity index (χ0) is 13.2. The van der Waals surface area contributed by atoms with Crippen LogP contribution < -0.4 is 5.73 Å². The Bertz CT molecular complexity index is 669. The minimum Gasteiger partial charge on any atom is -0.330 e. The number of hydrogen-bond acceptors (Lipinski definition) is 5. The fourth-order valence-corrected chi connectivity index (χ4v) is 3.04. The Hall–Kier alpha value is -1.79. The average Bonchev–Trinajstić information content (AvgIpc) is 3.01. The maximum Gasteiger partial charge on any atom is 0.234 e. The van der Waals surface area contributed by atoms with Gasteiger partial charge in [-0.15, -0.1) is 10.2 Å². The summed E-state index contributed by atoms with van der Waals surface area (Å²) in [5.74, 6) is 1.08. The Balaban J connectivity index is 2.08. The Labute approximate surface area is 115 Å². The van der Waals surface area contributed by atoms with Crippen LogP contribution in [0.5, 0.6) is 0 Å². The van der Waals surface area contributed by atoms with Gasteiger partial charge in [-0.05, 0) is 6.42 Å². The third-order valence-corrected chi connectivity index (χ3v) is 4.23. The maximum atomic E-state index is 5.78. The highest BCUT2D eigenvalue weighted by molar-refractivity contribution is 7.16. The second-order valence-corrected chi connectivity index (χ2v) is 5.35. The molecule has 0 aliphatic heterocycles. The summed E-state index contributed by atoms with van der Waals surface area (Å²) in [5.41, 5.74) is 6.80. The zero-order valence-electron chi connectivity index (χ0n) is 10.7. The molecule has 5 nitrogen and oxygen atoms in total. The minimum atomic E-state index is 0.301. The summed E-state index contributed by atoms with van der Waals surface area (Å²) in [6.07, 6.45) is 0.987. The van der Waals surface area contributed by atoms with Crippen LogP contribution in [0.3, 0.4) is 0 Å². The second kappa shape index (κ2) is 5.07. The molecule has 1 unspecified atom stereocenters. The Kier molecular flexibility index (Phi) is 3.27. The molecule has 2 heterocycles. The molecule has 19 heavy (non-hydrogen) atoms. The normalized spacial score (nSPS) is 12.9. The van der Waals surface area contributed by atoms with Gasteiger partial charge >= 0.3 is 0 Å². The van der Waals surface area contributed by atoms with Gasteiger partial charge in [0.05, 0.1) is 0 Å². The van der Waals surface area contributed by atoms with E-state index in [-0.39, 0.29) is 0 Å². The lowest BCUT2D eigenvalue weighted by molar-refractivity contribution is 0.655. The van der Waals surface area contributed by atoms with Crippen LogP contribution in [0.1, 0.15) is 24.3 Å². The third kappa shape index (κ3) is 2.13. The molecule has 2 aromatic heterocycles. The summed E-state index contributed by atoms with van der Waals surface area (Å²) in [5, 5.41) is 14.1. The molecule has 3 aromatic rings. The first-order valence-corrected chi connectivity index (χ1v) is 7.12. The van der Waals surface area contributed by atoms with Gasteiger partial charge in [-0.1, -0.05) is 48.6 Å². The highest BCUT2D eigenvalue weighted by Gasteiger charge is 2.17. The summed E-state index contributed by atoms with van der Waals surface area (Å²) >= 11 is 1.57. The first-order chi connectivity index (χ1) is 9.33. The van der Waals surface area contributed by atoms with Crippen LogP contribution in [-0.2, 0) is 0 Å². The van der Waals surface area contributed by atoms with Crippen molar-refractivity contribution in [3.05, 3.63) is 35.3 Å². The number of nitrogens with two attached hydrogens (primary N) is 1. The van der Waals surface area contributed by atoms with Gasteiger partial charge in [0.1, 0.15) is 5.01 Å². The van der Waals surface area contributed by atoms with E-state index in [1.807, 2.05) is 34.8 Å². The van der Waals surface area contributed by atoms with Crippen LogP contribution in [0, 0.1) is 0 Å². The van der Waals surface area contributed by atoms with Gasteiger partial charge in [-0.3, -0.25) is 0 Å². The van der Waals surface area contributed by atoms with Crippen molar-refractivity contribution in [2.75, 3.05) is 6.54 Å². The molecule has 6 heteroatoms. The predicted molar refractivity (Wildman–Crippen MR) is 76.2 cm³/mol. The summed E-state index contributed by atoms with van der Waals surface area (Å²) in [7, 11) is 0. The summed E-state index contributed by atoms with van der Waals surface area (Å²) in [4.78, 5) is 0.820. The molecule has 0 amide bonds. The Morgan fingerprint density at radius 2 is 2.05 bits per heavy atom. The van der Waals surface area contributed by atoms with E-state index < -0.39 is 0 Å². The third-order valence-electron chi connectivity index (χ3n) is 3.17. The van der Waals surface area contributed by atoms with E-state index in [2.05, 4.69) is 22.2 Å². The largest absolute Gasteiger partial charge is 0.330 e. The number of benzene rings is 1. The molecule has 1 aromatic carbocycles. The highest BCUT2D eigenvalue weighted by Crippen LogP contribution is 2.26. The van der Waals surface area contributed by atoms with Gasteiger partial charge in [0, 0.05) is 18.0 Å². The number of rotatable bonds is 4. The Morgan fingerprint density at radius 1 is 1.26 bits per heavy atom. The van der Waals surface area contributed by atoms with E-state index in [9.17, 15) is 0 Å². The lowest BCUT2D eigenvalue weighted by Gasteiger charge is -2.06. The molecule has 0 spiro atoms. The van der Waals surface area contributed by atoms with Crippen LogP contribution in [0.15, 0.2) is 30.3 Å². The van der Waals surface area contributed by atoms with E-state index in [0.717, 1.165) is 27.8 Å². The first kappa shape index (κ1) is 12.3. The average molecular weight is 273 g/mol. The molecule has 3 rings (SSSR count). The molecule has 0 bridgehead atoms. The molecule has 0 saturated carbocycles. The van der Waals surface area contributed by atoms with Gasteiger partial charge in [-0.25, -0.2) is 0 Å². The van der Waals surface area contributed by atoms with Crippen LogP contribution >= 0.6 is 11.3 Å². The molecule has 2 N–H and O–H groups in total. The van der Waals surface area contributed by atoms with Crippen molar-refractivity contribution in [2.45, 2.75) is 19.3 Å². The van der Waals surface area contributed by atoms with Crippen LogP contribution in [0.25, 0.3) is 16.3 Å². The van der Waals surface area contributed by atoms with Crippen molar-refractivity contribution in [2.24, 2.45) is 5.73 Å². The number of fused-ring (bicyclic) bond motifs is 1. The van der Waals surface area contributed by atoms with E-state index in [4.69, 9.17) is 5.73 Å². The van der Waals surface area contributed by atoms with Gasteiger partial charge in [0.25, 0.3) is 0 Å². The van der Waals surface area contributed by atoms with Crippen molar-refractivity contribution >= 4 is 16.3 Å². The fourth-order valence-electron chi connectivity index (χ4n) is 2.01. The van der Waals surface area contributed by atoms with Crippen molar-refractivity contribution in [1.82, 2.24) is 19.8 Å². The van der Waals surface area contributed by atoms with Gasteiger partial charge in [0.15, 0.2) is 5.82 Å². The minimum absolute atomic E-state index is 0.301. The van der Waals surface area contributed by atoms with E-state index >= 15 is 0 Å². The number of nitrogens with zero attached hydrogens (tertiary/aromatic N) is 4. The molecular weight excluding hydrogens is 258 g/mol. The molecular formula is C13H15N5S. The van der Waals surface area contributed by atoms with Crippen LogP contribution in [0.4, 0.5) is 0 Å². The number of aromatic nitrogens is 4. The van der Waals surface area contributed by atoms with Gasteiger partial charge < -0.3 is 5.73 Å². The number of hydrogen-bond donors (Lipinski definition) is 1.